The molecule has 9 heteroatoms. The number of nitrogens with zero attached hydrogens (tertiary/aromatic N) is 1. The minimum absolute atomic E-state index is 0.316. The molecule has 6 nitrogen and oxygen atoms in total. The highest BCUT2D eigenvalue weighted by Crippen LogP contribution is 2.36. The Morgan fingerprint density at radius 1 is 1.25 bits per heavy atom. The Morgan fingerprint density at radius 3 is 2.64 bits per heavy atom. The summed E-state index contributed by atoms with van der Waals surface area (Å²) in [5.41, 5.74) is 0.882. The fraction of sp³-hybridized carbons (Fsp3) is 0.421. The van der Waals surface area contributed by atoms with Crippen LogP contribution in [-0.4, -0.2) is 37.9 Å². The normalized spacial score (nSPS) is 12.6. The topological polar surface area (TPSA) is 75.1 Å². The smallest absolute Gasteiger partial charge is 0.191 e. The minimum Gasteiger partial charge on any atom is -0.493 e. The van der Waals surface area contributed by atoms with E-state index in [1.54, 1.807) is 13.2 Å². The highest BCUT2D eigenvalue weighted by Gasteiger charge is 2.13. The largest absolute Gasteiger partial charge is 0.493 e. The number of hydrogen-bond acceptors (Lipinski definition) is 5. The standard InChI is InChI=1S/C19H25Cl2N3O3S/c1-4-22-19(24-11-14(25)16-6-7-17(21)28-16)23-10-12-8-13(20)18(27-5-2)15(9-12)26-3/h6-9,14,25H,4-5,10-11H2,1-3H3,(H2,22,23,24). The van der Waals surface area contributed by atoms with Crippen LogP contribution < -0.4 is 20.1 Å². The van der Waals surface area contributed by atoms with Gasteiger partial charge in [0.25, 0.3) is 0 Å². The number of aliphatic hydroxyl groups is 1. The molecule has 0 fully saturated rings. The molecule has 1 atom stereocenters. The molecule has 0 aliphatic heterocycles. The van der Waals surface area contributed by atoms with E-state index < -0.39 is 6.10 Å². The molecule has 2 rings (SSSR count). The summed E-state index contributed by atoms with van der Waals surface area (Å²) < 4.78 is 11.6. The van der Waals surface area contributed by atoms with Gasteiger partial charge < -0.3 is 25.2 Å². The van der Waals surface area contributed by atoms with Crippen LogP contribution in [0.2, 0.25) is 9.36 Å². The monoisotopic (exact) mass is 445 g/mol. The van der Waals surface area contributed by atoms with Gasteiger partial charge in [0.05, 0.1) is 29.6 Å². The molecule has 3 N–H and O–H groups in total. The number of benzene rings is 1. The molecule has 0 saturated heterocycles. The van der Waals surface area contributed by atoms with E-state index in [4.69, 9.17) is 32.7 Å². The van der Waals surface area contributed by atoms with Crippen LogP contribution in [0.15, 0.2) is 29.3 Å². The summed E-state index contributed by atoms with van der Waals surface area (Å²) >= 11 is 13.6. The first kappa shape index (κ1) is 22.6. The summed E-state index contributed by atoms with van der Waals surface area (Å²) in [6.07, 6.45) is -0.665. The van der Waals surface area contributed by atoms with Crippen LogP contribution in [0, 0.1) is 0 Å². The van der Waals surface area contributed by atoms with Crippen molar-refractivity contribution in [1.82, 2.24) is 10.6 Å². The molecular weight excluding hydrogens is 421 g/mol. The van der Waals surface area contributed by atoms with Gasteiger partial charge in [0.1, 0.15) is 6.10 Å². The molecule has 0 aliphatic rings. The van der Waals surface area contributed by atoms with Crippen molar-refractivity contribution in [1.29, 1.82) is 0 Å². The lowest BCUT2D eigenvalue weighted by Gasteiger charge is -2.15. The Kier molecular flexibility index (Phi) is 9.18. The van der Waals surface area contributed by atoms with Crippen LogP contribution in [0.3, 0.4) is 0 Å². The fourth-order valence-corrected chi connectivity index (χ4v) is 3.80. The van der Waals surface area contributed by atoms with Crippen molar-refractivity contribution in [3.05, 3.63) is 44.1 Å². The number of thiophene rings is 1. The zero-order valence-electron chi connectivity index (χ0n) is 16.1. The number of halogens is 2. The fourth-order valence-electron chi connectivity index (χ4n) is 2.46. The van der Waals surface area contributed by atoms with Gasteiger partial charge in [-0.05, 0) is 43.7 Å². The first-order valence-corrected chi connectivity index (χ1v) is 10.5. The molecule has 1 heterocycles. The lowest BCUT2D eigenvalue weighted by Crippen LogP contribution is -2.39. The molecule has 0 saturated carbocycles. The number of aliphatic hydroxyl groups excluding tert-OH is 1. The quantitative estimate of drug-likeness (QED) is 0.397. The summed E-state index contributed by atoms with van der Waals surface area (Å²) in [5.74, 6) is 1.69. The van der Waals surface area contributed by atoms with Gasteiger partial charge in [0.2, 0.25) is 0 Å². The van der Waals surface area contributed by atoms with Gasteiger partial charge in [-0.1, -0.05) is 23.2 Å². The number of rotatable bonds is 9. The van der Waals surface area contributed by atoms with Crippen LogP contribution in [0.4, 0.5) is 0 Å². The second-order valence-electron chi connectivity index (χ2n) is 5.78. The number of methoxy groups -OCH3 is 1. The molecule has 154 valence electrons. The third kappa shape index (κ3) is 6.44. The van der Waals surface area contributed by atoms with Crippen LogP contribution in [0.5, 0.6) is 11.5 Å². The molecular formula is C19H25Cl2N3O3S. The van der Waals surface area contributed by atoms with Crippen molar-refractivity contribution >= 4 is 40.5 Å². The molecule has 2 aromatic rings. The van der Waals surface area contributed by atoms with E-state index in [1.165, 1.54) is 11.3 Å². The SMILES string of the molecule is CCNC(=NCc1cc(Cl)c(OCC)c(OC)c1)NCC(O)c1ccc(Cl)s1. The summed E-state index contributed by atoms with van der Waals surface area (Å²) in [4.78, 5) is 5.35. The van der Waals surface area contributed by atoms with Crippen LogP contribution in [0.1, 0.15) is 30.4 Å². The number of hydrogen-bond donors (Lipinski definition) is 3. The average molecular weight is 446 g/mol. The molecule has 28 heavy (non-hydrogen) atoms. The highest BCUT2D eigenvalue weighted by atomic mass is 35.5. The van der Waals surface area contributed by atoms with Gasteiger partial charge in [0, 0.05) is 18.0 Å². The summed E-state index contributed by atoms with van der Waals surface area (Å²) in [5, 5.41) is 17.1. The Labute approximate surface area is 179 Å². The predicted octanol–water partition coefficient (Wildman–Crippen LogP) is 4.25. The highest BCUT2D eigenvalue weighted by molar-refractivity contribution is 7.16. The van der Waals surface area contributed by atoms with Crippen molar-refractivity contribution in [2.45, 2.75) is 26.5 Å². The lowest BCUT2D eigenvalue weighted by atomic mass is 10.2. The van der Waals surface area contributed by atoms with Gasteiger partial charge in [-0.25, -0.2) is 4.99 Å². The second-order valence-corrected chi connectivity index (χ2v) is 7.93. The average Bonchev–Trinajstić information content (AvgIpc) is 3.12. The number of nitrogens with one attached hydrogen (secondary N) is 2. The van der Waals surface area contributed by atoms with E-state index in [0.717, 1.165) is 10.4 Å². The van der Waals surface area contributed by atoms with E-state index >= 15 is 0 Å². The number of guanidine groups is 1. The lowest BCUT2D eigenvalue weighted by molar-refractivity contribution is 0.184. The van der Waals surface area contributed by atoms with Crippen molar-refractivity contribution in [3.8, 4) is 11.5 Å². The first-order valence-electron chi connectivity index (χ1n) is 8.93. The van der Waals surface area contributed by atoms with Crippen LogP contribution in [-0.2, 0) is 6.54 Å². The van der Waals surface area contributed by atoms with Gasteiger partial charge in [-0.2, -0.15) is 0 Å². The van der Waals surface area contributed by atoms with E-state index in [0.29, 0.717) is 53.1 Å². The Morgan fingerprint density at radius 2 is 2.04 bits per heavy atom. The van der Waals surface area contributed by atoms with Crippen LogP contribution in [0.25, 0.3) is 0 Å². The summed E-state index contributed by atoms with van der Waals surface area (Å²) in [6.45, 7) is 5.76. The van der Waals surface area contributed by atoms with Crippen molar-refractivity contribution in [2.75, 3.05) is 26.8 Å². The Balaban J connectivity index is 2.06. The maximum Gasteiger partial charge on any atom is 0.191 e. The third-order valence-electron chi connectivity index (χ3n) is 3.73. The molecule has 1 unspecified atom stereocenters. The van der Waals surface area contributed by atoms with Gasteiger partial charge in [0.15, 0.2) is 17.5 Å². The second kappa shape index (κ2) is 11.4. The minimum atomic E-state index is -0.665. The van der Waals surface area contributed by atoms with Crippen LogP contribution >= 0.6 is 34.5 Å². The van der Waals surface area contributed by atoms with Gasteiger partial charge >= 0.3 is 0 Å². The molecule has 0 aliphatic carbocycles. The van der Waals surface area contributed by atoms with Crippen molar-refractivity contribution < 1.29 is 14.6 Å². The zero-order valence-corrected chi connectivity index (χ0v) is 18.4. The maximum atomic E-state index is 10.3. The summed E-state index contributed by atoms with van der Waals surface area (Å²) in [7, 11) is 1.57. The van der Waals surface area contributed by atoms with E-state index in [1.807, 2.05) is 32.0 Å². The Bertz CT molecular complexity index is 799. The third-order valence-corrected chi connectivity index (χ3v) is 5.34. The first-order chi connectivity index (χ1) is 13.5. The van der Waals surface area contributed by atoms with E-state index in [-0.39, 0.29) is 0 Å². The van der Waals surface area contributed by atoms with Gasteiger partial charge in [-0.3, -0.25) is 0 Å². The van der Waals surface area contributed by atoms with E-state index in [2.05, 4.69) is 15.6 Å². The molecule has 1 aromatic heterocycles. The van der Waals surface area contributed by atoms with E-state index in [9.17, 15) is 5.11 Å². The molecule has 1 aromatic carbocycles. The maximum absolute atomic E-state index is 10.3. The zero-order chi connectivity index (χ0) is 20.5. The summed E-state index contributed by atoms with van der Waals surface area (Å²) in [6, 6.07) is 7.25. The molecule has 0 bridgehead atoms. The Hall–Kier alpha value is -1.67. The molecule has 0 radical (unpaired) electrons. The number of ether oxygens (including phenoxy) is 2. The predicted molar refractivity (Wildman–Crippen MR) is 116 cm³/mol. The van der Waals surface area contributed by atoms with Gasteiger partial charge in [-0.15, -0.1) is 11.3 Å². The number of aliphatic imine (C=N–C) groups is 1. The molecule has 0 amide bonds. The van der Waals surface area contributed by atoms with Crippen molar-refractivity contribution in [2.24, 2.45) is 4.99 Å². The van der Waals surface area contributed by atoms with Crippen molar-refractivity contribution in [3.63, 3.8) is 0 Å². The molecule has 0 spiro atoms.